The summed E-state index contributed by atoms with van der Waals surface area (Å²) in [5.74, 6) is -0.102. The minimum Gasteiger partial charge on any atom is -0.382 e. The molecule has 0 saturated heterocycles. The highest BCUT2D eigenvalue weighted by molar-refractivity contribution is 5.77. The SMILES string of the molecule is CCC(N)CCNC(=O)COCCOC. The van der Waals surface area contributed by atoms with Gasteiger partial charge in [-0.15, -0.1) is 0 Å². The summed E-state index contributed by atoms with van der Waals surface area (Å²) in [5.41, 5.74) is 5.70. The summed E-state index contributed by atoms with van der Waals surface area (Å²) in [4.78, 5) is 11.2. The van der Waals surface area contributed by atoms with Crippen LogP contribution < -0.4 is 11.1 Å². The fourth-order valence-corrected chi connectivity index (χ4v) is 0.959. The molecule has 5 heteroatoms. The molecule has 3 N–H and O–H groups in total. The van der Waals surface area contributed by atoms with Crippen molar-refractivity contribution in [1.82, 2.24) is 5.32 Å². The zero-order chi connectivity index (χ0) is 11.5. The van der Waals surface area contributed by atoms with Crippen LogP contribution in [0.3, 0.4) is 0 Å². The number of nitrogens with one attached hydrogen (secondary N) is 1. The number of carbonyl (C=O) groups excluding carboxylic acids is 1. The Kier molecular flexibility index (Phi) is 9.46. The lowest BCUT2D eigenvalue weighted by Gasteiger charge is -2.09. The molecule has 0 radical (unpaired) electrons. The van der Waals surface area contributed by atoms with E-state index in [4.69, 9.17) is 15.2 Å². The highest BCUT2D eigenvalue weighted by Crippen LogP contribution is 1.90. The van der Waals surface area contributed by atoms with Gasteiger partial charge >= 0.3 is 0 Å². The number of hydrogen-bond acceptors (Lipinski definition) is 4. The average molecular weight is 218 g/mol. The van der Waals surface area contributed by atoms with Crippen molar-refractivity contribution in [1.29, 1.82) is 0 Å². The Balaban J connectivity index is 3.26. The Labute approximate surface area is 91.3 Å². The van der Waals surface area contributed by atoms with Gasteiger partial charge in [0.1, 0.15) is 6.61 Å². The van der Waals surface area contributed by atoms with Gasteiger partial charge in [-0.2, -0.15) is 0 Å². The molecular formula is C10H22N2O3. The van der Waals surface area contributed by atoms with Gasteiger partial charge in [-0.3, -0.25) is 4.79 Å². The van der Waals surface area contributed by atoms with E-state index in [-0.39, 0.29) is 18.6 Å². The molecule has 0 aliphatic rings. The van der Waals surface area contributed by atoms with Crippen molar-refractivity contribution in [2.45, 2.75) is 25.8 Å². The maximum Gasteiger partial charge on any atom is 0.246 e. The molecule has 0 heterocycles. The van der Waals surface area contributed by atoms with E-state index in [2.05, 4.69) is 5.32 Å². The molecule has 0 saturated carbocycles. The van der Waals surface area contributed by atoms with Gasteiger partial charge in [0.2, 0.25) is 5.91 Å². The second-order valence-electron chi connectivity index (χ2n) is 3.35. The first-order chi connectivity index (χ1) is 7.20. The molecule has 1 unspecified atom stereocenters. The number of ether oxygens (including phenoxy) is 2. The Morgan fingerprint density at radius 3 is 2.80 bits per heavy atom. The molecule has 0 aliphatic heterocycles. The minimum absolute atomic E-state index is 0.0880. The van der Waals surface area contributed by atoms with Crippen molar-refractivity contribution in [3.63, 3.8) is 0 Å². The van der Waals surface area contributed by atoms with Crippen molar-refractivity contribution in [2.75, 3.05) is 33.5 Å². The van der Waals surface area contributed by atoms with Crippen molar-refractivity contribution >= 4 is 5.91 Å². The Morgan fingerprint density at radius 2 is 2.20 bits per heavy atom. The quantitative estimate of drug-likeness (QED) is 0.530. The molecule has 0 spiro atoms. The predicted molar refractivity (Wildman–Crippen MR) is 58.6 cm³/mol. The monoisotopic (exact) mass is 218 g/mol. The van der Waals surface area contributed by atoms with Crippen LogP contribution in [0.25, 0.3) is 0 Å². The smallest absolute Gasteiger partial charge is 0.246 e. The van der Waals surface area contributed by atoms with Crippen LogP contribution in [0, 0.1) is 0 Å². The van der Waals surface area contributed by atoms with Gasteiger partial charge in [-0.1, -0.05) is 6.92 Å². The third kappa shape index (κ3) is 9.65. The van der Waals surface area contributed by atoms with Crippen LogP contribution in [0.5, 0.6) is 0 Å². The molecule has 0 aromatic heterocycles. The van der Waals surface area contributed by atoms with Crippen molar-refractivity contribution in [3.8, 4) is 0 Å². The van der Waals surface area contributed by atoms with Gasteiger partial charge in [0, 0.05) is 19.7 Å². The first-order valence-corrected chi connectivity index (χ1v) is 5.29. The van der Waals surface area contributed by atoms with Crippen LogP contribution >= 0.6 is 0 Å². The summed E-state index contributed by atoms with van der Waals surface area (Å²) in [6, 6.07) is 0.166. The summed E-state index contributed by atoms with van der Waals surface area (Å²) in [5, 5.41) is 2.74. The molecule has 1 amide bonds. The van der Waals surface area contributed by atoms with Gasteiger partial charge in [0.15, 0.2) is 0 Å². The lowest BCUT2D eigenvalue weighted by Crippen LogP contribution is -2.32. The van der Waals surface area contributed by atoms with Crippen molar-refractivity contribution in [2.24, 2.45) is 5.73 Å². The van der Waals surface area contributed by atoms with E-state index in [1.54, 1.807) is 7.11 Å². The molecule has 0 rings (SSSR count). The highest BCUT2D eigenvalue weighted by Gasteiger charge is 2.02. The molecule has 15 heavy (non-hydrogen) atoms. The first-order valence-electron chi connectivity index (χ1n) is 5.29. The Bertz CT molecular complexity index is 165. The van der Waals surface area contributed by atoms with Crippen LogP contribution in [0.2, 0.25) is 0 Å². The highest BCUT2D eigenvalue weighted by atomic mass is 16.5. The van der Waals surface area contributed by atoms with Gasteiger partial charge in [-0.25, -0.2) is 0 Å². The maximum absolute atomic E-state index is 11.2. The molecule has 1 atom stereocenters. The summed E-state index contributed by atoms with van der Waals surface area (Å²) in [6.07, 6.45) is 1.74. The van der Waals surface area contributed by atoms with E-state index >= 15 is 0 Å². The first kappa shape index (κ1) is 14.3. The minimum atomic E-state index is -0.102. The average Bonchev–Trinajstić information content (AvgIpc) is 2.24. The van der Waals surface area contributed by atoms with Crippen molar-refractivity contribution in [3.05, 3.63) is 0 Å². The molecule has 0 aliphatic carbocycles. The fraction of sp³-hybridized carbons (Fsp3) is 0.900. The Hall–Kier alpha value is -0.650. The van der Waals surface area contributed by atoms with Crippen LogP contribution in [-0.4, -0.2) is 45.4 Å². The molecule has 5 nitrogen and oxygen atoms in total. The Morgan fingerprint density at radius 1 is 1.47 bits per heavy atom. The predicted octanol–water partition coefficient (Wildman–Crippen LogP) is -0.107. The van der Waals surface area contributed by atoms with Gasteiger partial charge in [0.05, 0.1) is 13.2 Å². The van der Waals surface area contributed by atoms with E-state index in [0.717, 1.165) is 12.8 Å². The normalized spacial score (nSPS) is 12.5. The topological polar surface area (TPSA) is 73.6 Å². The molecule has 0 bridgehead atoms. The zero-order valence-corrected chi connectivity index (χ0v) is 9.62. The second kappa shape index (κ2) is 9.89. The van der Waals surface area contributed by atoms with E-state index in [1.807, 2.05) is 6.92 Å². The second-order valence-corrected chi connectivity index (χ2v) is 3.35. The number of hydrogen-bond donors (Lipinski definition) is 2. The van der Waals surface area contributed by atoms with Crippen LogP contribution in [0.15, 0.2) is 0 Å². The standard InChI is InChI=1S/C10H22N2O3/c1-3-9(11)4-5-12-10(13)8-15-7-6-14-2/h9H,3-8,11H2,1-2H3,(H,12,13). The fourth-order valence-electron chi connectivity index (χ4n) is 0.959. The van der Waals surface area contributed by atoms with Gasteiger partial charge in [-0.05, 0) is 12.8 Å². The molecule has 0 fully saturated rings. The summed E-state index contributed by atoms with van der Waals surface area (Å²) >= 11 is 0. The third-order valence-corrected chi connectivity index (χ3v) is 2.03. The number of amides is 1. The molecule has 0 aromatic carbocycles. The molecular weight excluding hydrogens is 196 g/mol. The molecule has 0 aromatic rings. The number of carbonyl (C=O) groups is 1. The van der Waals surface area contributed by atoms with Gasteiger partial charge in [0.25, 0.3) is 0 Å². The number of nitrogens with two attached hydrogens (primary N) is 1. The maximum atomic E-state index is 11.2. The van der Waals surface area contributed by atoms with Crippen molar-refractivity contribution < 1.29 is 14.3 Å². The number of methoxy groups -OCH3 is 1. The summed E-state index contributed by atoms with van der Waals surface area (Å²) < 4.78 is 9.83. The van der Waals surface area contributed by atoms with Crippen LogP contribution in [0.1, 0.15) is 19.8 Å². The summed E-state index contributed by atoms with van der Waals surface area (Å²) in [6.45, 7) is 3.68. The summed E-state index contributed by atoms with van der Waals surface area (Å²) in [7, 11) is 1.59. The van der Waals surface area contributed by atoms with E-state index in [9.17, 15) is 4.79 Å². The molecule has 90 valence electrons. The van der Waals surface area contributed by atoms with E-state index < -0.39 is 0 Å². The number of rotatable bonds is 9. The lowest BCUT2D eigenvalue weighted by atomic mass is 10.2. The zero-order valence-electron chi connectivity index (χ0n) is 9.62. The van der Waals surface area contributed by atoms with Gasteiger partial charge < -0.3 is 20.5 Å². The lowest BCUT2D eigenvalue weighted by molar-refractivity contribution is -0.126. The van der Waals surface area contributed by atoms with E-state index in [0.29, 0.717) is 19.8 Å². The van der Waals surface area contributed by atoms with Crippen LogP contribution in [-0.2, 0) is 14.3 Å². The van der Waals surface area contributed by atoms with Crippen LogP contribution in [0.4, 0.5) is 0 Å². The van der Waals surface area contributed by atoms with E-state index in [1.165, 1.54) is 0 Å². The third-order valence-electron chi connectivity index (χ3n) is 2.03. The largest absolute Gasteiger partial charge is 0.382 e.